The summed E-state index contributed by atoms with van der Waals surface area (Å²) in [5.74, 6) is 0.628. The minimum atomic E-state index is -0.663. The summed E-state index contributed by atoms with van der Waals surface area (Å²) in [6.07, 6.45) is 0.0179. The van der Waals surface area contributed by atoms with E-state index in [0.717, 1.165) is 5.56 Å². The first kappa shape index (κ1) is 25.9. The van der Waals surface area contributed by atoms with Crippen LogP contribution in [-0.2, 0) is 16.1 Å². The molecule has 1 aliphatic rings. The highest BCUT2D eigenvalue weighted by atomic mass is 35.5. The number of ether oxygens (including phenoxy) is 2. The van der Waals surface area contributed by atoms with E-state index in [1.807, 2.05) is 12.1 Å². The zero-order valence-corrected chi connectivity index (χ0v) is 21.9. The molecule has 4 rings (SSSR count). The molecule has 1 unspecified atom stereocenters. The van der Waals surface area contributed by atoms with E-state index in [2.05, 4.69) is 10.3 Å². The Kier molecular flexibility index (Phi) is 8.40. The quantitative estimate of drug-likeness (QED) is 0.385. The number of nitrogens with one attached hydrogen (secondary N) is 1. The van der Waals surface area contributed by atoms with Gasteiger partial charge < -0.3 is 14.8 Å². The standard InChI is InChI=1S/C26H23Cl2N3O4S/c1-34-21-11-6-16(12-22(21)35-2)15-31-24(32)14-23(25(33)29-20-5-3-4-18(28)13-20)36-26(31)30-19-9-7-17(27)8-10-19/h3-13,23H,14-15H2,1-2H3,(H,29,33). The molecule has 2 amide bonds. The molecule has 1 atom stereocenters. The number of amidine groups is 1. The molecule has 3 aromatic rings. The average Bonchev–Trinajstić information content (AvgIpc) is 2.87. The molecule has 0 spiro atoms. The number of anilines is 1. The minimum Gasteiger partial charge on any atom is -0.493 e. The molecule has 0 radical (unpaired) electrons. The van der Waals surface area contributed by atoms with Crippen molar-refractivity contribution in [2.75, 3.05) is 19.5 Å². The van der Waals surface area contributed by atoms with Gasteiger partial charge in [0, 0.05) is 22.2 Å². The fourth-order valence-corrected chi connectivity index (χ4v) is 4.99. The van der Waals surface area contributed by atoms with Crippen LogP contribution in [0.4, 0.5) is 11.4 Å². The third-order valence-electron chi connectivity index (χ3n) is 5.36. The SMILES string of the molecule is COc1ccc(CN2C(=O)CC(C(=O)Nc3cccc(Cl)c3)SC2=Nc2ccc(Cl)cc2)cc1OC. The Morgan fingerprint density at radius 1 is 1.03 bits per heavy atom. The zero-order valence-electron chi connectivity index (χ0n) is 19.5. The molecule has 0 bridgehead atoms. The van der Waals surface area contributed by atoms with Crippen molar-refractivity contribution in [2.45, 2.75) is 18.2 Å². The number of aliphatic imine (C=N–C) groups is 1. The maximum absolute atomic E-state index is 13.3. The van der Waals surface area contributed by atoms with Crippen molar-refractivity contribution in [1.82, 2.24) is 4.90 Å². The Morgan fingerprint density at radius 3 is 2.47 bits per heavy atom. The molecule has 7 nitrogen and oxygen atoms in total. The minimum absolute atomic E-state index is 0.0179. The second-order valence-corrected chi connectivity index (χ2v) is 9.89. The first-order valence-electron chi connectivity index (χ1n) is 10.9. The molecule has 1 fully saturated rings. The molecule has 10 heteroatoms. The molecule has 36 heavy (non-hydrogen) atoms. The summed E-state index contributed by atoms with van der Waals surface area (Å²) in [5.41, 5.74) is 2.00. The Morgan fingerprint density at radius 2 is 1.78 bits per heavy atom. The van der Waals surface area contributed by atoms with Crippen LogP contribution in [0.25, 0.3) is 0 Å². The van der Waals surface area contributed by atoms with Gasteiger partial charge >= 0.3 is 0 Å². The summed E-state index contributed by atoms with van der Waals surface area (Å²) in [5, 5.41) is 3.67. The van der Waals surface area contributed by atoms with Gasteiger partial charge in [0.25, 0.3) is 0 Å². The predicted molar refractivity (Wildman–Crippen MR) is 145 cm³/mol. The second-order valence-electron chi connectivity index (χ2n) is 7.85. The van der Waals surface area contributed by atoms with Gasteiger partial charge in [-0.25, -0.2) is 4.99 Å². The van der Waals surface area contributed by atoms with Crippen molar-refractivity contribution in [3.8, 4) is 11.5 Å². The fraction of sp³-hybridized carbons (Fsp3) is 0.192. The van der Waals surface area contributed by atoms with Crippen LogP contribution in [0, 0.1) is 0 Å². The number of methoxy groups -OCH3 is 2. The lowest BCUT2D eigenvalue weighted by atomic mass is 10.1. The summed E-state index contributed by atoms with van der Waals surface area (Å²) in [4.78, 5) is 32.6. The number of amides is 2. The van der Waals surface area contributed by atoms with E-state index in [1.165, 1.54) is 11.8 Å². The van der Waals surface area contributed by atoms with Crippen molar-refractivity contribution in [3.63, 3.8) is 0 Å². The molecule has 0 aliphatic carbocycles. The molecule has 1 heterocycles. The summed E-state index contributed by atoms with van der Waals surface area (Å²) in [6, 6.07) is 19.3. The van der Waals surface area contributed by atoms with Gasteiger partial charge in [0.05, 0.1) is 26.5 Å². The highest BCUT2D eigenvalue weighted by Crippen LogP contribution is 2.33. The van der Waals surface area contributed by atoms with E-state index in [1.54, 1.807) is 73.7 Å². The molecule has 1 N–H and O–H groups in total. The van der Waals surface area contributed by atoms with E-state index in [-0.39, 0.29) is 24.8 Å². The van der Waals surface area contributed by atoms with Crippen molar-refractivity contribution in [3.05, 3.63) is 82.3 Å². The summed E-state index contributed by atoms with van der Waals surface area (Å²) >= 11 is 13.3. The van der Waals surface area contributed by atoms with Crippen LogP contribution in [-0.4, -0.2) is 41.4 Å². The Labute approximate surface area is 223 Å². The third kappa shape index (κ3) is 6.32. The van der Waals surface area contributed by atoms with Gasteiger partial charge in [-0.2, -0.15) is 0 Å². The van der Waals surface area contributed by atoms with E-state index in [9.17, 15) is 9.59 Å². The van der Waals surface area contributed by atoms with Crippen molar-refractivity contribution < 1.29 is 19.1 Å². The normalized spacial score (nSPS) is 16.7. The highest BCUT2D eigenvalue weighted by Gasteiger charge is 2.36. The van der Waals surface area contributed by atoms with Gasteiger partial charge in [-0.05, 0) is 60.2 Å². The number of rotatable bonds is 7. The van der Waals surface area contributed by atoms with E-state index in [0.29, 0.717) is 38.1 Å². The molecular formula is C26H23Cl2N3O4S. The van der Waals surface area contributed by atoms with E-state index >= 15 is 0 Å². The Balaban J connectivity index is 1.61. The van der Waals surface area contributed by atoms with Crippen LogP contribution in [0.2, 0.25) is 10.0 Å². The maximum atomic E-state index is 13.3. The number of hydrogen-bond acceptors (Lipinski definition) is 6. The summed E-state index contributed by atoms with van der Waals surface area (Å²) in [6.45, 7) is 0.251. The first-order valence-corrected chi connectivity index (χ1v) is 12.6. The Hall–Kier alpha value is -3.20. The highest BCUT2D eigenvalue weighted by molar-refractivity contribution is 8.15. The lowest BCUT2D eigenvalue weighted by molar-refractivity contribution is -0.129. The van der Waals surface area contributed by atoms with Crippen molar-refractivity contribution in [1.29, 1.82) is 0 Å². The Bertz CT molecular complexity index is 1300. The fourth-order valence-electron chi connectivity index (χ4n) is 3.57. The second kappa shape index (κ2) is 11.7. The predicted octanol–water partition coefficient (Wildman–Crippen LogP) is 6.17. The van der Waals surface area contributed by atoms with Gasteiger partial charge in [0.2, 0.25) is 11.8 Å². The van der Waals surface area contributed by atoms with Crippen molar-refractivity contribution >= 4 is 63.3 Å². The number of benzene rings is 3. The molecular weight excluding hydrogens is 521 g/mol. The number of hydrogen-bond donors (Lipinski definition) is 1. The zero-order chi connectivity index (χ0) is 25.7. The number of thioether (sulfide) groups is 1. The number of halogens is 2. The number of carbonyl (C=O) groups excluding carboxylic acids is 2. The first-order chi connectivity index (χ1) is 17.4. The lowest BCUT2D eigenvalue weighted by Crippen LogP contribution is -2.44. The monoisotopic (exact) mass is 543 g/mol. The number of carbonyl (C=O) groups is 2. The maximum Gasteiger partial charge on any atom is 0.238 e. The molecule has 3 aromatic carbocycles. The molecule has 1 aliphatic heterocycles. The van der Waals surface area contributed by atoms with Gasteiger partial charge in [-0.15, -0.1) is 0 Å². The molecule has 1 saturated heterocycles. The molecule has 0 saturated carbocycles. The van der Waals surface area contributed by atoms with Crippen LogP contribution in [0.1, 0.15) is 12.0 Å². The average molecular weight is 544 g/mol. The summed E-state index contributed by atoms with van der Waals surface area (Å²) in [7, 11) is 3.12. The topological polar surface area (TPSA) is 80.2 Å². The molecule has 186 valence electrons. The van der Waals surface area contributed by atoms with E-state index < -0.39 is 5.25 Å². The van der Waals surface area contributed by atoms with Crippen LogP contribution in [0.3, 0.4) is 0 Å². The lowest BCUT2D eigenvalue weighted by Gasteiger charge is -2.32. The van der Waals surface area contributed by atoms with Gasteiger partial charge in [-0.1, -0.05) is 47.1 Å². The summed E-state index contributed by atoms with van der Waals surface area (Å²) < 4.78 is 10.7. The van der Waals surface area contributed by atoms with Crippen LogP contribution in [0.5, 0.6) is 11.5 Å². The molecule has 0 aromatic heterocycles. The number of nitrogens with zero attached hydrogens (tertiary/aromatic N) is 2. The third-order valence-corrected chi connectivity index (χ3v) is 7.04. The van der Waals surface area contributed by atoms with Crippen LogP contribution in [0.15, 0.2) is 71.7 Å². The van der Waals surface area contributed by atoms with Gasteiger partial charge in [0.15, 0.2) is 16.7 Å². The van der Waals surface area contributed by atoms with Gasteiger partial charge in [-0.3, -0.25) is 14.5 Å². The van der Waals surface area contributed by atoms with E-state index in [4.69, 9.17) is 32.7 Å². The largest absolute Gasteiger partial charge is 0.493 e. The smallest absolute Gasteiger partial charge is 0.238 e. The van der Waals surface area contributed by atoms with Gasteiger partial charge in [0.1, 0.15) is 5.25 Å². The van der Waals surface area contributed by atoms with Crippen LogP contribution >= 0.6 is 35.0 Å². The van der Waals surface area contributed by atoms with Crippen molar-refractivity contribution in [2.24, 2.45) is 4.99 Å². The van der Waals surface area contributed by atoms with Crippen LogP contribution < -0.4 is 14.8 Å².